The van der Waals surface area contributed by atoms with E-state index in [2.05, 4.69) is 46.0 Å². The monoisotopic (exact) mass is 603 g/mol. The highest BCUT2D eigenvalue weighted by atomic mass is 32.2. The summed E-state index contributed by atoms with van der Waals surface area (Å²) in [7, 11) is -3.44. The zero-order valence-corrected chi connectivity index (χ0v) is 24.7. The van der Waals surface area contributed by atoms with Gasteiger partial charge in [0.25, 0.3) is 0 Å². The molecule has 9 nitrogen and oxygen atoms in total. The first-order valence-electron chi connectivity index (χ1n) is 14.3. The highest BCUT2D eigenvalue weighted by Crippen LogP contribution is 2.69. The third-order valence-corrected chi connectivity index (χ3v) is 11.2. The van der Waals surface area contributed by atoms with Crippen molar-refractivity contribution >= 4 is 9.84 Å². The molecule has 4 heterocycles. The lowest BCUT2D eigenvalue weighted by Crippen LogP contribution is -2.38. The number of hydrogen-bond acceptors (Lipinski definition) is 8. The lowest BCUT2D eigenvalue weighted by molar-refractivity contribution is 0.242. The van der Waals surface area contributed by atoms with E-state index < -0.39 is 26.9 Å². The number of sulfone groups is 1. The van der Waals surface area contributed by atoms with Crippen LogP contribution in [0.25, 0.3) is 17.1 Å². The topological polar surface area (TPSA) is 116 Å². The smallest absolute Gasteiger partial charge is 0.166 e. The van der Waals surface area contributed by atoms with Gasteiger partial charge in [0, 0.05) is 11.7 Å². The minimum atomic E-state index is -3.44. The van der Waals surface area contributed by atoms with Crippen LogP contribution in [0.3, 0.4) is 0 Å². The van der Waals surface area contributed by atoms with Crippen LogP contribution >= 0.6 is 0 Å². The van der Waals surface area contributed by atoms with Gasteiger partial charge in [-0.2, -0.15) is 5.10 Å². The van der Waals surface area contributed by atoms with Crippen LogP contribution in [-0.2, 0) is 21.0 Å². The van der Waals surface area contributed by atoms with Crippen molar-refractivity contribution < 1.29 is 17.2 Å². The van der Waals surface area contributed by atoms with Gasteiger partial charge in [-0.25, -0.2) is 31.8 Å². The van der Waals surface area contributed by atoms with E-state index in [4.69, 9.17) is 4.98 Å². The Morgan fingerprint density at radius 1 is 1.09 bits per heavy atom. The van der Waals surface area contributed by atoms with Crippen molar-refractivity contribution in [1.82, 2.24) is 35.3 Å². The number of halogens is 2. The molecule has 12 heteroatoms. The molecule has 7 rings (SSSR count). The second-order valence-corrected chi connectivity index (χ2v) is 14.5. The fraction of sp³-hybridized carbons (Fsp3) is 0.387. The van der Waals surface area contributed by atoms with Crippen LogP contribution in [0.4, 0.5) is 8.78 Å². The summed E-state index contributed by atoms with van der Waals surface area (Å²) in [5.74, 6) is -0.818. The Morgan fingerprint density at radius 3 is 2.60 bits per heavy atom. The summed E-state index contributed by atoms with van der Waals surface area (Å²) in [6.45, 7) is 8.23. The van der Waals surface area contributed by atoms with Gasteiger partial charge in [0.2, 0.25) is 0 Å². The van der Waals surface area contributed by atoms with Crippen LogP contribution in [0.15, 0.2) is 61.1 Å². The second-order valence-electron chi connectivity index (χ2n) is 12.4. The molecule has 2 fully saturated rings. The van der Waals surface area contributed by atoms with Gasteiger partial charge in [0.15, 0.2) is 21.5 Å². The van der Waals surface area contributed by atoms with Crippen LogP contribution in [-0.4, -0.2) is 50.2 Å². The molecule has 1 saturated carbocycles. The van der Waals surface area contributed by atoms with Crippen molar-refractivity contribution in [2.75, 3.05) is 5.75 Å². The first kappa shape index (κ1) is 27.8. The molecule has 0 spiro atoms. The van der Waals surface area contributed by atoms with Gasteiger partial charge in [0.05, 0.1) is 33.8 Å². The summed E-state index contributed by atoms with van der Waals surface area (Å²) in [4.78, 5) is 9.27. The molecule has 3 aliphatic rings. The van der Waals surface area contributed by atoms with E-state index in [1.54, 1.807) is 12.1 Å². The molecule has 3 atom stereocenters. The average Bonchev–Trinajstić information content (AvgIpc) is 3.69. The van der Waals surface area contributed by atoms with Crippen molar-refractivity contribution in [1.29, 1.82) is 0 Å². The third-order valence-electron chi connectivity index (χ3n) is 9.55. The van der Waals surface area contributed by atoms with Crippen molar-refractivity contribution in [3.63, 3.8) is 0 Å². The Morgan fingerprint density at radius 2 is 1.86 bits per heavy atom. The first-order valence-corrected chi connectivity index (χ1v) is 16.2. The minimum Gasteiger partial charge on any atom is -0.385 e. The lowest BCUT2D eigenvalue weighted by Gasteiger charge is -2.37. The van der Waals surface area contributed by atoms with Crippen molar-refractivity contribution in [3.8, 4) is 17.1 Å². The predicted molar refractivity (Wildman–Crippen MR) is 156 cm³/mol. The molecule has 0 radical (unpaired) electrons. The molecule has 0 amide bonds. The fourth-order valence-electron chi connectivity index (χ4n) is 7.49. The number of nitrogens with zero attached hydrogens (tertiary/aromatic N) is 6. The van der Waals surface area contributed by atoms with Crippen LogP contribution in [0.5, 0.6) is 0 Å². The van der Waals surface area contributed by atoms with E-state index in [1.807, 2.05) is 12.1 Å². The van der Waals surface area contributed by atoms with Crippen LogP contribution in [0.2, 0.25) is 0 Å². The molecule has 3 aromatic heterocycles. The van der Waals surface area contributed by atoms with E-state index in [-0.39, 0.29) is 46.0 Å². The summed E-state index contributed by atoms with van der Waals surface area (Å²) in [5.41, 5.74) is 2.47. The van der Waals surface area contributed by atoms with Gasteiger partial charge in [-0.05, 0) is 72.9 Å². The van der Waals surface area contributed by atoms with Crippen molar-refractivity contribution in [3.05, 3.63) is 95.5 Å². The normalized spacial score (nSPS) is 23.9. The molecular weight excluding hydrogens is 572 g/mol. The maximum Gasteiger partial charge on any atom is 0.166 e. The van der Waals surface area contributed by atoms with Gasteiger partial charge in [-0.1, -0.05) is 32.6 Å². The summed E-state index contributed by atoms with van der Waals surface area (Å²) in [6, 6.07) is 11.0. The van der Waals surface area contributed by atoms with Gasteiger partial charge < -0.3 is 5.32 Å². The number of nitrogens with one attached hydrogen (secondary N) is 1. The summed E-state index contributed by atoms with van der Waals surface area (Å²) < 4.78 is 56.4. The largest absolute Gasteiger partial charge is 0.385 e. The van der Waals surface area contributed by atoms with Gasteiger partial charge in [0.1, 0.15) is 23.7 Å². The Labute approximate surface area is 248 Å². The van der Waals surface area contributed by atoms with Gasteiger partial charge in [-0.15, -0.1) is 10.2 Å². The number of rotatable bonds is 7. The quantitative estimate of drug-likeness (QED) is 0.321. The van der Waals surface area contributed by atoms with Crippen LogP contribution in [0, 0.1) is 17.0 Å². The lowest BCUT2D eigenvalue weighted by atomic mass is 9.66. The zero-order valence-electron chi connectivity index (χ0n) is 23.9. The minimum absolute atomic E-state index is 0.00121. The van der Waals surface area contributed by atoms with Crippen LogP contribution in [0.1, 0.15) is 68.2 Å². The molecule has 0 unspecified atom stereocenters. The number of pyridine rings is 1. The molecule has 1 aliphatic heterocycles. The maximum absolute atomic E-state index is 14.6. The van der Waals surface area contributed by atoms with Gasteiger partial charge in [-0.3, -0.25) is 0 Å². The number of allylic oxidation sites excluding steroid dienone is 1. The summed E-state index contributed by atoms with van der Waals surface area (Å²) in [6.07, 6.45) is 4.65. The molecule has 2 aliphatic carbocycles. The Kier molecular flexibility index (Phi) is 6.28. The number of aromatic nitrogens is 6. The number of benzene rings is 1. The van der Waals surface area contributed by atoms with Gasteiger partial charge >= 0.3 is 0 Å². The van der Waals surface area contributed by atoms with Crippen molar-refractivity contribution in [2.24, 2.45) is 5.41 Å². The molecule has 2 bridgehead atoms. The fourth-order valence-corrected chi connectivity index (χ4v) is 8.99. The molecule has 43 heavy (non-hydrogen) atoms. The SMILES string of the molecule is C=C1CC[C@@H](CS(=O)(=O)Cc2ncn(-c3cccc([C@@]45CC[C@@H](c6cc(-c7c(F)cccc7F)nnc64)C5(C)C)n3)n2)N1. The molecule has 1 N–H and O–H groups in total. The molecule has 222 valence electrons. The third kappa shape index (κ3) is 4.37. The highest BCUT2D eigenvalue weighted by molar-refractivity contribution is 7.90. The maximum atomic E-state index is 14.6. The number of fused-ring (bicyclic) bond motifs is 5. The van der Waals surface area contributed by atoms with Crippen molar-refractivity contribution in [2.45, 2.75) is 62.7 Å². The van der Waals surface area contributed by atoms with E-state index in [0.717, 1.165) is 48.3 Å². The van der Waals surface area contributed by atoms with E-state index in [1.165, 1.54) is 29.2 Å². The Hall–Kier alpha value is -4.06. The Balaban J connectivity index is 1.21. The first-order chi connectivity index (χ1) is 20.5. The van der Waals surface area contributed by atoms with E-state index in [0.29, 0.717) is 5.82 Å². The standard InChI is InChI=1S/C31H31F2N7O2S/c1-18-10-11-19(35-18)15-43(41,42)16-26-34-17-40(39-26)27-9-5-8-25(36-27)31-13-12-21(30(31,2)3)20-14-24(37-38-29(20)31)28-22(32)6-4-7-23(28)33/h4-9,14,17,19,21,35H,1,10-13,15-16H2,2-3H3/t19-,21-,31-/m0/s1. The molecule has 1 aromatic carbocycles. The van der Waals surface area contributed by atoms with Crippen LogP contribution < -0.4 is 5.32 Å². The predicted octanol–water partition coefficient (Wildman–Crippen LogP) is 4.78. The summed E-state index contributed by atoms with van der Waals surface area (Å²) in [5, 5.41) is 16.5. The number of hydrogen-bond donors (Lipinski definition) is 1. The Bertz CT molecular complexity index is 1870. The molecule has 1 saturated heterocycles. The molecular formula is C31H31F2N7O2S. The average molecular weight is 604 g/mol. The zero-order chi connectivity index (χ0) is 30.1. The highest BCUT2D eigenvalue weighted by Gasteiger charge is 2.65. The second kappa shape index (κ2) is 9.73. The summed E-state index contributed by atoms with van der Waals surface area (Å²) >= 11 is 0. The van der Waals surface area contributed by atoms with E-state index >= 15 is 0 Å². The molecule has 4 aromatic rings. The van der Waals surface area contributed by atoms with E-state index in [9.17, 15) is 17.2 Å².